The van der Waals surface area contributed by atoms with E-state index in [1.54, 1.807) is 6.33 Å². The highest BCUT2D eigenvalue weighted by Crippen LogP contribution is 2.22. The number of rotatable bonds is 4. The first-order chi connectivity index (χ1) is 8.27. The number of aryl methyl sites for hydroxylation is 1. The van der Waals surface area contributed by atoms with Gasteiger partial charge in [-0.3, -0.25) is 0 Å². The largest absolute Gasteiger partial charge is 0.319 e. The molecule has 4 nitrogen and oxygen atoms in total. The second-order valence-electron chi connectivity index (χ2n) is 5.29. The minimum absolute atomic E-state index is 0.297. The molecule has 17 heavy (non-hydrogen) atoms. The Morgan fingerprint density at radius 2 is 2.06 bits per heavy atom. The Kier molecular flexibility index (Phi) is 4.54. The van der Waals surface area contributed by atoms with Gasteiger partial charge in [-0.25, -0.2) is 0 Å². The maximum atomic E-state index is 4.15. The van der Waals surface area contributed by atoms with Crippen LogP contribution in [-0.2, 0) is 7.05 Å². The van der Waals surface area contributed by atoms with E-state index >= 15 is 0 Å². The molecule has 1 aliphatic rings. The van der Waals surface area contributed by atoms with Crippen molar-refractivity contribution in [3.63, 3.8) is 0 Å². The predicted octanol–water partition coefficient (Wildman–Crippen LogP) is 2.44. The van der Waals surface area contributed by atoms with Gasteiger partial charge in [-0.2, -0.15) is 0 Å². The smallest absolute Gasteiger partial charge is 0.149 e. The quantitative estimate of drug-likeness (QED) is 0.816. The van der Waals surface area contributed by atoms with Gasteiger partial charge in [0, 0.05) is 7.05 Å². The van der Waals surface area contributed by atoms with Crippen LogP contribution >= 0.6 is 0 Å². The Morgan fingerprint density at radius 3 is 2.65 bits per heavy atom. The van der Waals surface area contributed by atoms with Gasteiger partial charge < -0.3 is 9.88 Å². The molecule has 1 aliphatic carbocycles. The molecule has 96 valence electrons. The number of hydrogen-bond donors (Lipinski definition) is 1. The first-order valence-electron chi connectivity index (χ1n) is 6.84. The number of nitrogens with one attached hydrogen (secondary N) is 1. The van der Waals surface area contributed by atoms with Crippen molar-refractivity contribution in [3.8, 4) is 0 Å². The fourth-order valence-corrected chi connectivity index (χ4v) is 2.69. The minimum Gasteiger partial charge on any atom is -0.319 e. The minimum atomic E-state index is 0.297. The maximum Gasteiger partial charge on any atom is 0.149 e. The van der Waals surface area contributed by atoms with E-state index in [0.29, 0.717) is 6.04 Å². The molecule has 1 N–H and O–H groups in total. The first kappa shape index (κ1) is 12.6. The van der Waals surface area contributed by atoms with E-state index in [1.807, 2.05) is 11.6 Å². The Hall–Kier alpha value is -0.900. The van der Waals surface area contributed by atoms with Crippen LogP contribution in [0.4, 0.5) is 0 Å². The molecule has 0 aliphatic heterocycles. The van der Waals surface area contributed by atoms with Gasteiger partial charge in [-0.15, -0.1) is 10.2 Å². The summed E-state index contributed by atoms with van der Waals surface area (Å²) in [5.41, 5.74) is 0. The van der Waals surface area contributed by atoms with Crippen molar-refractivity contribution in [1.29, 1.82) is 0 Å². The standard InChI is InChI=1S/C13H24N4/c1-11(13-16-15-10-17(13)2)14-9-12-7-5-3-4-6-8-12/h10-12,14H,3-9H2,1-2H3. The van der Waals surface area contributed by atoms with Crippen molar-refractivity contribution in [2.24, 2.45) is 13.0 Å². The second-order valence-corrected chi connectivity index (χ2v) is 5.29. The zero-order chi connectivity index (χ0) is 12.1. The normalized spacial score (nSPS) is 20.1. The Labute approximate surface area is 104 Å². The van der Waals surface area contributed by atoms with Crippen LogP contribution in [0, 0.1) is 5.92 Å². The van der Waals surface area contributed by atoms with Crippen molar-refractivity contribution in [2.45, 2.75) is 51.5 Å². The van der Waals surface area contributed by atoms with E-state index in [2.05, 4.69) is 22.4 Å². The SMILES string of the molecule is CC(NCC1CCCCCC1)c1nncn1C. The zero-order valence-electron chi connectivity index (χ0n) is 11.0. The van der Waals surface area contributed by atoms with Crippen LogP contribution in [0.2, 0.25) is 0 Å². The molecule has 1 atom stereocenters. The van der Waals surface area contributed by atoms with Crippen LogP contribution in [0.3, 0.4) is 0 Å². The van der Waals surface area contributed by atoms with E-state index < -0.39 is 0 Å². The van der Waals surface area contributed by atoms with Gasteiger partial charge in [0.15, 0.2) is 0 Å². The molecule has 0 spiro atoms. The van der Waals surface area contributed by atoms with Crippen molar-refractivity contribution in [1.82, 2.24) is 20.1 Å². The first-order valence-corrected chi connectivity index (χ1v) is 6.84. The fourth-order valence-electron chi connectivity index (χ4n) is 2.69. The highest BCUT2D eigenvalue weighted by Gasteiger charge is 2.15. The van der Waals surface area contributed by atoms with Crippen molar-refractivity contribution >= 4 is 0 Å². The summed E-state index contributed by atoms with van der Waals surface area (Å²) in [7, 11) is 2.00. The van der Waals surface area contributed by atoms with Gasteiger partial charge in [0.05, 0.1) is 6.04 Å². The van der Waals surface area contributed by atoms with Crippen molar-refractivity contribution < 1.29 is 0 Å². The van der Waals surface area contributed by atoms with Crippen molar-refractivity contribution in [2.75, 3.05) is 6.54 Å². The molecule has 0 bridgehead atoms. The zero-order valence-corrected chi connectivity index (χ0v) is 11.0. The molecule has 2 rings (SSSR count). The van der Waals surface area contributed by atoms with Crippen LogP contribution in [0.5, 0.6) is 0 Å². The molecule has 1 saturated carbocycles. The molecule has 0 radical (unpaired) electrons. The predicted molar refractivity (Wildman–Crippen MR) is 68.6 cm³/mol. The number of hydrogen-bond acceptors (Lipinski definition) is 3. The summed E-state index contributed by atoms with van der Waals surface area (Å²) >= 11 is 0. The molecule has 0 amide bonds. The molecular formula is C13H24N4. The van der Waals surface area contributed by atoms with E-state index in [4.69, 9.17) is 0 Å². The Morgan fingerprint density at radius 1 is 1.35 bits per heavy atom. The fraction of sp³-hybridized carbons (Fsp3) is 0.846. The molecule has 1 fully saturated rings. The summed E-state index contributed by atoms with van der Waals surface area (Å²) in [5.74, 6) is 1.88. The summed E-state index contributed by atoms with van der Waals surface area (Å²) in [6, 6.07) is 0.297. The van der Waals surface area contributed by atoms with E-state index in [9.17, 15) is 0 Å². The highest BCUT2D eigenvalue weighted by molar-refractivity contribution is 4.92. The lowest BCUT2D eigenvalue weighted by molar-refractivity contribution is 0.394. The summed E-state index contributed by atoms with van der Waals surface area (Å²) in [6.45, 7) is 3.29. The highest BCUT2D eigenvalue weighted by atomic mass is 15.3. The van der Waals surface area contributed by atoms with Crippen LogP contribution in [0.1, 0.15) is 57.3 Å². The summed E-state index contributed by atoms with van der Waals surface area (Å²) in [6.07, 6.45) is 10.2. The summed E-state index contributed by atoms with van der Waals surface area (Å²) in [4.78, 5) is 0. The lowest BCUT2D eigenvalue weighted by Crippen LogP contribution is -2.27. The lowest BCUT2D eigenvalue weighted by Gasteiger charge is -2.18. The third-order valence-corrected chi connectivity index (χ3v) is 3.82. The van der Waals surface area contributed by atoms with E-state index in [-0.39, 0.29) is 0 Å². The Balaban J connectivity index is 1.79. The van der Waals surface area contributed by atoms with Gasteiger partial charge in [0.25, 0.3) is 0 Å². The number of nitrogens with zero attached hydrogens (tertiary/aromatic N) is 3. The lowest BCUT2D eigenvalue weighted by atomic mass is 10.0. The average molecular weight is 236 g/mol. The molecule has 1 heterocycles. The molecule has 1 aromatic rings. The number of aromatic nitrogens is 3. The van der Waals surface area contributed by atoms with Crippen molar-refractivity contribution in [3.05, 3.63) is 12.2 Å². The summed E-state index contributed by atoms with van der Waals surface area (Å²) < 4.78 is 1.99. The van der Waals surface area contributed by atoms with Gasteiger partial charge in [-0.1, -0.05) is 25.7 Å². The van der Waals surface area contributed by atoms with Gasteiger partial charge in [0.2, 0.25) is 0 Å². The van der Waals surface area contributed by atoms with E-state index in [1.165, 1.54) is 38.5 Å². The molecule has 4 heteroatoms. The monoisotopic (exact) mass is 236 g/mol. The van der Waals surface area contributed by atoms with Gasteiger partial charge in [-0.05, 0) is 32.2 Å². The van der Waals surface area contributed by atoms with Gasteiger partial charge >= 0.3 is 0 Å². The average Bonchev–Trinajstić information content (AvgIpc) is 2.61. The van der Waals surface area contributed by atoms with Crippen LogP contribution in [0.25, 0.3) is 0 Å². The van der Waals surface area contributed by atoms with Crippen LogP contribution in [0.15, 0.2) is 6.33 Å². The topological polar surface area (TPSA) is 42.7 Å². The maximum absolute atomic E-state index is 4.15. The van der Waals surface area contributed by atoms with Gasteiger partial charge in [0.1, 0.15) is 12.2 Å². The molecule has 1 unspecified atom stereocenters. The molecule has 0 saturated heterocycles. The van der Waals surface area contributed by atoms with Crippen LogP contribution < -0.4 is 5.32 Å². The molecule has 1 aromatic heterocycles. The second kappa shape index (κ2) is 6.15. The molecular weight excluding hydrogens is 212 g/mol. The molecule has 0 aromatic carbocycles. The Bertz CT molecular complexity index is 326. The third kappa shape index (κ3) is 3.53. The summed E-state index contributed by atoms with van der Waals surface area (Å²) in [5, 5.41) is 11.7. The van der Waals surface area contributed by atoms with Crippen LogP contribution in [-0.4, -0.2) is 21.3 Å². The third-order valence-electron chi connectivity index (χ3n) is 3.82. The van der Waals surface area contributed by atoms with E-state index in [0.717, 1.165) is 18.3 Å².